The van der Waals surface area contributed by atoms with Crippen LogP contribution in [0, 0.1) is 0 Å². The average molecular weight is 189 g/mol. The quantitative estimate of drug-likeness (QED) is 0.148. The first kappa shape index (κ1) is 11.6. The number of Topliss-reactive ketones (excluding diaryl/α,β-unsaturated/α-hetero) is 1. The molecule has 0 saturated carbocycles. The van der Waals surface area contributed by atoms with Crippen LogP contribution in [-0.2, 0) is 23.9 Å². The van der Waals surface area contributed by atoms with Crippen molar-refractivity contribution in [3.63, 3.8) is 0 Å². The molecule has 0 aliphatic rings. The monoisotopic (exact) mass is 189 g/mol. The second kappa shape index (κ2) is 6.13. The fourth-order valence-corrected chi connectivity index (χ4v) is 0.486. The summed E-state index contributed by atoms with van der Waals surface area (Å²) in [6, 6.07) is 0. The van der Waals surface area contributed by atoms with Gasteiger partial charge in [0.1, 0.15) is 0 Å². The number of methoxy groups -OCH3 is 2. The molecule has 0 saturated heterocycles. The molecule has 0 aromatic rings. The largest absolute Gasteiger partial charge is 0.464 e. The van der Waals surface area contributed by atoms with Crippen LogP contribution in [0.5, 0.6) is 0 Å². The molecule has 0 aliphatic heterocycles. The van der Waals surface area contributed by atoms with Crippen LogP contribution in [0.2, 0.25) is 0 Å². The number of carbonyl (C=O) groups is 2. The van der Waals surface area contributed by atoms with E-state index < -0.39 is 11.8 Å². The number of ketones is 1. The Morgan fingerprint density at radius 1 is 1.31 bits per heavy atom. The molecule has 0 fully saturated rings. The number of oxime groups is 1. The number of nitrogens with zero attached hydrogens (tertiary/aromatic N) is 1. The Bertz CT molecular complexity index is 223. The second-order valence-corrected chi connectivity index (χ2v) is 2.02. The lowest BCUT2D eigenvalue weighted by Crippen LogP contribution is -2.23. The molecule has 0 bridgehead atoms. The first-order valence-corrected chi connectivity index (χ1v) is 3.41. The summed E-state index contributed by atoms with van der Waals surface area (Å²) in [5.41, 5.74) is -0.389. The van der Waals surface area contributed by atoms with Crippen molar-refractivity contribution < 1.29 is 23.9 Å². The summed E-state index contributed by atoms with van der Waals surface area (Å²) < 4.78 is 8.79. The minimum atomic E-state index is -0.830. The Balaban J connectivity index is 4.32. The number of carbonyl (C=O) groups excluding carboxylic acids is 2. The maximum atomic E-state index is 10.9. The smallest absolute Gasteiger partial charge is 0.363 e. The van der Waals surface area contributed by atoms with Gasteiger partial charge in [0.15, 0.2) is 5.78 Å². The van der Waals surface area contributed by atoms with Crippen molar-refractivity contribution in [2.75, 3.05) is 21.0 Å². The van der Waals surface area contributed by atoms with E-state index in [1.807, 2.05) is 0 Å². The Kier molecular flexibility index (Phi) is 5.45. The van der Waals surface area contributed by atoms with E-state index in [0.29, 0.717) is 0 Å². The lowest BCUT2D eigenvalue weighted by molar-refractivity contribution is -0.133. The zero-order chi connectivity index (χ0) is 10.3. The van der Waals surface area contributed by atoms with Gasteiger partial charge < -0.3 is 14.3 Å². The summed E-state index contributed by atoms with van der Waals surface area (Å²) in [7, 11) is 2.54. The van der Waals surface area contributed by atoms with Gasteiger partial charge >= 0.3 is 5.97 Å². The average Bonchev–Trinajstić information content (AvgIpc) is 2.11. The molecule has 0 aliphatic carbocycles. The fraction of sp³-hybridized carbons (Fsp3) is 0.571. The Labute approximate surface area is 75.4 Å². The number of esters is 1. The molecule has 0 N–H and O–H groups in total. The first-order valence-electron chi connectivity index (χ1n) is 3.41. The first-order chi connectivity index (χ1) is 6.13. The third-order valence-electron chi connectivity index (χ3n) is 1.04. The van der Waals surface area contributed by atoms with Gasteiger partial charge in [-0.05, 0) is 0 Å². The highest BCUT2D eigenvalue weighted by atomic mass is 16.7. The van der Waals surface area contributed by atoms with Gasteiger partial charge in [-0.25, -0.2) is 4.79 Å². The molecule has 13 heavy (non-hydrogen) atoms. The van der Waals surface area contributed by atoms with Crippen LogP contribution >= 0.6 is 0 Å². The summed E-state index contributed by atoms with van der Waals surface area (Å²) in [4.78, 5) is 26.1. The van der Waals surface area contributed by atoms with Crippen LogP contribution in [0.4, 0.5) is 0 Å². The molecule has 0 aromatic carbocycles. The van der Waals surface area contributed by atoms with Gasteiger partial charge in [-0.3, -0.25) is 4.79 Å². The molecule has 0 radical (unpaired) electrons. The zero-order valence-corrected chi connectivity index (χ0v) is 7.70. The molecule has 0 unspecified atom stereocenters. The predicted molar refractivity (Wildman–Crippen MR) is 43.1 cm³/mol. The van der Waals surface area contributed by atoms with E-state index in [4.69, 9.17) is 0 Å². The third-order valence-corrected chi connectivity index (χ3v) is 1.04. The molecule has 0 aromatic heterocycles. The van der Waals surface area contributed by atoms with Gasteiger partial charge in [0.25, 0.3) is 0 Å². The van der Waals surface area contributed by atoms with Crippen molar-refractivity contribution in [1.29, 1.82) is 0 Å². The van der Waals surface area contributed by atoms with Crippen LogP contribution in [0.3, 0.4) is 0 Å². The maximum Gasteiger partial charge on any atom is 0.363 e. The van der Waals surface area contributed by atoms with E-state index >= 15 is 0 Å². The minimum absolute atomic E-state index is 0.131. The Morgan fingerprint density at radius 2 is 1.92 bits per heavy atom. The van der Waals surface area contributed by atoms with Crippen molar-refractivity contribution in [2.24, 2.45) is 5.16 Å². The highest BCUT2D eigenvalue weighted by Gasteiger charge is 2.17. The standard InChI is InChI=1S/C7H11NO5/c1-5(9)6(7(10)12-3)8-13-4-11-2/h4H2,1-3H3/b8-6+. The van der Waals surface area contributed by atoms with Gasteiger partial charge in [0.05, 0.1) is 7.11 Å². The lowest BCUT2D eigenvalue weighted by atomic mass is 10.3. The third kappa shape index (κ3) is 4.22. The molecule has 0 rings (SSSR count). The molecule has 6 nitrogen and oxygen atoms in total. The van der Waals surface area contributed by atoms with E-state index in [0.717, 1.165) is 7.11 Å². The van der Waals surface area contributed by atoms with Gasteiger partial charge in [-0.1, -0.05) is 5.16 Å². The normalized spacial score (nSPS) is 10.8. The van der Waals surface area contributed by atoms with Gasteiger partial charge in [0.2, 0.25) is 12.5 Å². The molecule has 0 heterocycles. The fourth-order valence-electron chi connectivity index (χ4n) is 0.486. The topological polar surface area (TPSA) is 74.2 Å². The molecule has 0 atom stereocenters. The Hall–Kier alpha value is -1.43. The number of hydrogen-bond donors (Lipinski definition) is 0. The lowest BCUT2D eigenvalue weighted by Gasteiger charge is -2.00. The van der Waals surface area contributed by atoms with E-state index in [9.17, 15) is 9.59 Å². The summed E-state index contributed by atoms with van der Waals surface area (Å²) in [6.07, 6.45) is 0. The van der Waals surface area contributed by atoms with Crippen LogP contribution < -0.4 is 0 Å². The van der Waals surface area contributed by atoms with Crippen molar-refractivity contribution >= 4 is 17.5 Å². The van der Waals surface area contributed by atoms with E-state index in [1.165, 1.54) is 14.0 Å². The molecule has 0 spiro atoms. The van der Waals surface area contributed by atoms with Crippen LogP contribution in [0.15, 0.2) is 5.16 Å². The van der Waals surface area contributed by atoms with Crippen LogP contribution in [0.25, 0.3) is 0 Å². The molecular formula is C7H11NO5. The summed E-state index contributed by atoms with van der Waals surface area (Å²) >= 11 is 0. The van der Waals surface area contributed by atoms with Gasteiger partial charge in [-0.2, -0.15) is 0 Å². The SMILES string of the molecule is COCO/N=C(\C(C)=O)C(=O)OC. The maximum absolute atomic E-state index is 10.9. The van der Waals surface area contributed by atoms with Crippen molar-refractivity contribution in [3.05, 3.63) is 0 Å². The van der Waals surface area contributed by atoms with Crippen molar-refractivity contribution in [1.82, 2.24) is 0 Å². The van der Waals surface area contributed by atoms with Crippen molar-refractivity contribution in [2.45, 2.75) is 6.92 Å². The predicted octanol–water partition coefficient (Wildman–Crippen LogP) is -0.275. The molecule has 6 heteroatoms. The highest BCUT2D eigenvalue weighted by Crippen LogP contribution is 1.88. The number of hydrogen-bond acceptors (Lipinski definition) is 6. The summed E-state index contributed by atoms with van der Waals surface area (Å²) in [5.74, 6) is -1.36. The van der Waals surface area contributed by atoms with Gasteiger partial charge in [0, 0.05) is 14.0 Å². The molecule has 0 amide bonds. The highest BCUT2D eigenvalue weighted by molar-refractivity contribution is 6.63. The summed E-state index contributed by atoms with van der Waals surface area (Å²) in [5, 5.41) is 3.25. The number of rotatable bonds is 5. The zero-order valence-electron chi connectivity index (χ0n) is 7.70. The van der Waals surface area contributed by atoms with Crippen molar-refractivity contribution in [3.8, 4) is 0 Å². The van der Waals surface area contributed by atoms with E-state index in [-0.39, 0.29) is 12.5 Å². The molecular weight excluding hydrogens is 178 g/mol. The Morgan fingerprint density at radius 3 is 2.31 bits per heavy atom. The van der Waals surface area contributed by atoms with Crippen LogP contribution in [-0.4, -0.2) is 38.5 Å². The van der Waals surface area contributed by atoms with Crippen LogP contribution in [0.1, 0.15) is 6.92 Å². The second-order valence-electron chi connectivity index (χ2n) is 2.02. The summed E-state index contributed by atoms with van der Waals surface area (Å²) in [6.45, 7) is 1.06. The number of ether oxygens (including phenoxy) is 2. The van der Waals surface area contributed by atoms with E-state index in [1.54, 1.807) is 0 Å². The van der Waals surface area contributed by atoms with Gasteiger partial charge in [-0.15, -0.1) is 0 Å². The minimum Gasteiger partial charge on any atom is -0.464 e. The van der Waals surface area contributed by atoms with E-state index in [2.05, 4.69) is 19.5 Å². The molecule has 74 valence electrons.